The fourth-order valence-corrected chi connectivity index (χ4v) is 2.13. The highest BCUT2D eigenvalue weighted by Gasteiger charge is 2.00. The molecule has 0 saturated heterocycles. The fourth-order valence-electron chi connectivity index (χ4n) is 1.86. The van der Waals surface area contributed by atoms with Gasteiger partial charge in [-0.2, -0.15) is 0 Å². The maximum absolute atomic E-state index is 3.46. The van der Waals surface area contributed by atoms with Crippen molar-refractivity contribution in [2.45, 2.75) is 27.7 Å². The average molecular weight is 317 g/mol. The molecule has 1 heteroatoms. The van der Waals surface area contributed by atoms with E-state index in [9.17, 15) is 0 Å². The third-order valence-corrected chi connectivity index (χ3v) is 3.32. The van der Waals surface area contributed by atoms with Crippen molar-refractivity contribution in [1.29, 1.82) is 0 Å². The smallest absolute Gasteiger partial charge is 0.0175 e. The summed E-state index contributed by atoms with van der Waals surface area (Å²) in [6, 6.07) is 15.0. The number of aryl methyl sites for hydroxylation is 1. The summed E-state index contributed by atoms with van der Waals surface area (Å²) in [4.78, 5) is 0. The van der Waals surface area contributed by atoms with Crippen LogP contribution in [0.1, 0.15) is 31.9 Å². The van der Waals surface area contributed by atoms with Crippen molar-refractivity contribution >= 4 is 22.0 Å². The maximum Gasteiger partial charge on any atom is 0.0175 e. The predicted octanol–water partition coefficient (Wildman–Crippen LogP) is 6.48. The zero-order valence-corrected chi connectivity index (χ0v) is 13.7. The van der Waals surface area contributed by atoms with Gasteiger partial charge in [0.25, 0.3) is 0 Å². The SMILES string of the molecule is C/C=C\c1ccc(-c2ccc(Br)cc2)cc1C.CC. The summed E-state index contributed by atoms with van der Waals surface area (Å²) in [5, 5.41) is 0. The summed E-state index contributed by atoms with van der Waals surface area (Å²) in [5.74, 6) is 0. The minimum absolute atomic E-state index is 1.11. The van der Waals surface area contributed by atoms with Crippen molar-refractivity contribution in [3.05, 3.63) is 64.1 Å². The minimum Gasteiger partial charge on any atom is -0.0871 e. The molecule has 19 heavy (non-hydrogen) atoms. The second-order valence-electron chi connectivity index (χ2n) is 4.08. The Morgan fingerprint density at radius 2 is 1.47 bits per heavy atom. The molecule has 0 aliphatic heterocycles. The molecule has 0 aliphatic carbocycles. The van der Waals surface area contributed by atoms with E-state index >= 15 is 0 Å². The maximum atomic E-state index is 3.46. The molecule has 2 aromatic rings. The Balaban J connectivity index is 0.000000861. The van der Waals surface area contributed by atoms with Crippen molar-refractivity contribution in [3.8, 4) is 11.1 Å². The summed E-state index contributed by atoms with van der Waals surface area (Å²) in [7, 11) is 0. The van der Waals surface area contributed by atoms with Crippen molar-refractivity contribution in [2.75, 3.05) is 0 Å². The zero-order chi connectivity index (χ0) is 14.3. The second kappa shape index (κ2) is 7.96. The standard InChI is InChI=1S/C16H15Br.C2H6/c1-3-4-13-5-6-15(11-12(13)2)14-7-9-16(17)10-8-14;1-2/h3-11H,1-2H3;1-2H3/b4-3-;. The average Bonchev–Trinajstić information content (AvgIpc) is 2.44. The van der Waals surface area contributed by atoms with Gasteiger partial charge in [0.1, 0.15) is 0 Å². The van der Waals surface area contributed by atoms with Gasteiger partial charge in [-0.25, -0.2) is 0 Å². The monoisotopic (exact) mass is 316 g/mol. The summed E-state index contributed by atoms with van der Waals surface area (Å²) in [5.41, 5.74) is 5.11. The fraction of sp³-hybridized carbons (Fsp3) is 0.222. The normalized spacial score (nSPS) is 10.2. The van der Waals surface area contributed by atoms with Crippen LogP contribution in [0.25, 0.3) is 17.2 Å². The Morgan fingerprint density at radius 3 is 2.00 bits per heavy atom. The van der Waals surface area contributed by atoms with Crippen LogP contribution in [0.4, 0.5) is 0 Å². The lowest BCUT2D eigenvalue weighted by atomic mass is 10.00. The summed E-state index contributed by atoms with van der Waals surface area (Å²) < 4.78 is 1.11. The molecule has 0 aliphatic rings. The lowest BCUT2D eigenvalue weighted by Gasteiger charge is -2.06. The molecule has 100 valence electrons. The zero-order valence-electron chi connectivity index (χ0n) is 12.1. The predicted molar refractivity (Wildman–Crippen MR) is 90.4 cm³/mol. The summed E-state index contributed by atoms with van der Waals surface area (Å²) in [6.45, 7) is 8.19. The molecule has 0 spiro atoms. The summed E-state index contributed by atoms with van der Waals surface area (Å²) in [6.07, 6.45) is 4.21. The van der Waals surface area contributed by atoms with Crippen LogP contribution < -0.4 is 0 Å². The Morgan fingerprint density at radius 1 is 0.895 bits per heavy atom. The molecule has 0 radical (unpaired) electrons. The molecule has 0 heterocycles. The Kier molecular flexibility index (Phi) is 6.58. The van der Waals surface area contributed by atoms with Gasteiger partial charge >= 0.3 is 0 Å². The van der Waals surface area contributed by atoms with Gasteiger partial charge in [-0.15, -0.1) is 0 Å². The number of hydrogen-bond acceptors (Lipinski definition) is 0. The highest BCUT2D eigenvalue weighted by atomic mass is 79.9. The topological polar surface area (TPSA) is 0 Å². The van der Waals surface area contributed by atoms with Crippen LogP contribution in [0.5, 0.6) is 0 Å². The number of rotatable bonds is 2. The first-order valence-corrected chi connectivity index (χ1v) is 7.49. The first kappa shape index (κ1) is 15.7. The molecule has 0 bridgehead atoms. The van der Waals surface area contributed by atoms with Gasteiger partial charge in [-0.3, -0.25) is 0 Å². The van der Waals surface area contributed by atoms with Gasteiger partial charge in [0.05, 0.1) is 0 Å². The molecule has 0 nitrogen and oxygen atoms in total. The van der Waals surface area contributed by atoms with Gasteiger partial charge in [0, 0.05) is 4.47 Å². The molecule has 0 aromatic heterocycles. The van der Waals surface area contributed by atoms with E-state index in [1.807, 2.05) is 20.8 Å². The number of allylic oxidation sites excluding steroid dienone is 1. The van der Waals surface area contributed by atoms with E-state index in [4.69, 9.17) is 0 Å². The Labute approximate surface area is 125 Å². The minimum atomic E-state index is 1.11. The number of benzene rings is 2. The quantitative estimate of drug-likeness (QED) is 0.594. The third kappa shape index (κ3) is 4.36. The van der Waals surface area contributed by atoms with Gasteiger partial charge in [0.2, 0.25) is 0 Å². The first-order chi connectivity index (χ1) is 9.20. The van der Waals surface area contributed by atoms with Crippen LogP contribution in [-0.2, 0) is 0 Å². The third-order valence-electron chi connectivity index (χ3n) is 2.79. The van der Waals surface area contributed by atoms with Crippen molar-refractivity contribution < 1.29 is 0 Å². The Bertz CT molecular complexity index is 536. The molecule has 0 unspecified atom stereocenters. The van der Waals surface area contributed by atoms with Crippen LogP contribution in [0.3, 0.4) is 0 Å². The molecule has 2 rings (SSSR count). The van der Waals surface area contributed by atoms with Crippen LogP contribution >= 0.6 is 15.9 Å². The molecule has 0 fully saturated rings. The van der Waals surface area contributed by atoms with E-state index in [0.717, 1.165) is 4.47 Å². The lowest BCUT2D eigenvalue weighted by molar-refractivity contribution is 1.43. The largest absolute Gasteiger partial charge is 0.0871 e. The van der Waals surface area contributed by atoms with Crippen LogP contribution in [0.2, 0.25) is 0 Å². The van der Waals surface area contributed by atoms with E-state index in [0.29, 0.717) is 0 Å². The van der Waals surface area contributed by atoms with Gasteiger partial charge < -0.3 is 0 Å². The highest BCUT2D eigenvalue weighted by Crippen LogP contribution is 2.24. The van der Waals surface area contributed by atoms with Crippen LogP contribution in [0.15, 0.2) is 53.0 Å². The van der Waals surface area contributed by atoms with Crippen molar-refractivity contribution in [2.24, 2.45) is 0 Å². The van der Waals surface area contributed by atoms with Gasteiger partial charge in [-0.1, -0.05) is 72.3 Å². The van der Waals surface area contributed by atoms with Crippen molar-refractivity contribution in [3.63, 3.8) is 0 Å². The van der Waals surface area contributed by atoms with Crippen molar-refractivity contribution in [1.82, 2.24) is 0 Å². The lowest BCUT2D eigenvalue weighted by Crippen LogP contribution is -1.83. The van der Waals surface area contributed by atoms with Crippen LogP contribution in [0, 0.1) is 6.92 Å². The number of halogens is 1. The molecule has 0 amide bonds. The van der Waals surface area contributed by atoms with Gasteiger partial charge in [0.15, 0.2) is 0 Å². The van der Waals surface area contributed by atoms with E-state index < -0.39 is 0 Å². The highest BCUT2D eigenvalue weighted by molar-refractivity contribution is 9.10. The van der Waals surface area contributed by atoms with Gasteiger partial charge in [-0.05, 0) is 48.2 Å². The number of hydrogen-bond donors (Lipinski definition) is 0. The van der Waals surface area contributed by atoms with E-state index in [1.54, 1.807) is 0 Å². The molecular weight excluding hydrogens is 296 g/mol. The van der Waals surface area contributed by atoms with Crippen LogP contribution in [-0.4, -0.2) is 0 Å². The molecule has 2 aromatic carbocycles. The molecule has 0 saturated carbocycles. The summed E-state index contributed by atoms with van der Waals surface area (Å²) >= 11 is 3.46. The van der Waals surface area contributed by atoms with E-state index in [-0.39, 0.29) is 0 Å². The van der Waals surface area contributed by atoms with E-state index in [2.05, 4.69) is 77.5 Å². The first-order valence-electron chi connectivity index (χ1n) is 6.70. The molecule has 0 N–H and O–H groups in total. The Hall–Kier alpha value is -1.34. The van der Waals surface area contributed by atoms with E-state index in [1.165, 1.54) is 22.3 Å². The second-order valence-corrected chi connectivity index (χ2v) is 4.99. The molecule has 0 atom stereocenters. The molecular formula is C18H21Br.